The van der Waals surface area contributed by atoms with Crippen LogP contribution in [0.4, 0.5) is 4.39 Å². The van der Waals surface area contributed by atoms with Crippen LogP contribution in [-0.4, -0.2) is 58.8 Å². The van der Waals surface area contributed by atoms with Gasteiger partial charge in [-0.05, 0) is 17.7 Å². The zero-order valence-corrected chi connectivity index (χ0v) is 13.9. The van der Waals surface area contributed by atoms with Gasteiger partial charge in [0.25, 0.3) is 0 Å². The number of rotatable bonds is 3. The van der Waals surface area contributed by atoms with Crippen molar-refractivity contribution < 1.29 is 9.18 Å². The van der Waals surface area contributed by atoms with Crippen LogP contribution in [0, 0.1) is 5.82 Å². The number of hydrogen-bond acceptors (Lipinski definition) is 5. The van der Waals surface area contributed by atoms with Crippen LogP contribution in [-0.2, 0) is 4.79 Å². The Morgan fingerprint density at radius 2 is 1.96 bits per heavy atom. The fourth-order valence-corrected chi connectivity index (χ4v) is 4.00. The van der Waals surface area contributed by atoms with Crippen LogP contribution in [0.25, 0.3) is 0 Å². The van der Waals surface area contributed by atoms with Crippen molar-refractivity contribution >= 4 is 22.8 Å². The number of amides is 1. The van der Waals surface area contributed by atoms with Crippen molar-refractivity contribution in [1.29, 1.82) is 0 Å². The highest BCUT2D eigenvalue weighted by Crippen LogP contribution is 2.26. The van der Waals surface area contributed by atoms with Gasteiger partial charge >= 0.3 is 0 Å². The van der Waals surface area contributed by atoms with Gasteiger partial charge < -0.3 is 10.6 Å². The van der Waals surface area contributed by atoms with Crippen molar-refractivity contribution in [2.45, 2.75) is 18.2 Å². The molecule has 2 aliphatic heterocycles. The second kappa shape index (κ2) is 6.88. The molecule has 124 valence electrons. The highest BCUT2D eigenvalue weighted by atomic mass is 32.2. The summed E-state index contributed by atoms with van der Waals surface area (Å²) >= 11 is 1.81. The van der Waals surface area contributed by atoms with Gasteiger partial charge in [-0.25, -0.2) is 4.39 Å². The Morgan fingerprint density at radius 3 is 2.48 bits per heavy atom. The molecule has 2 aliphatic rings. The van der Waals surface area contributed by atoms with E-state index in [0.29, 0.717) is 5.25 Å². The van der Waals surface area contributed by atoms with Crippen LogP contribution >= 0.6 is 11.8 Å². The smallest absolute Gasteiger partial charge is 0.239 e. The number of thioether (sulfide) groups is 1. The van der Waals surface area contributed by atoms with E-state index in [9.17, 15) is 9.18 Å². The number of halogens is 1. The molecule has 1 amide bonds. The van der Waals surface area contributed by atoms with Gasteiger partial charge in [0, 0.05) is 31.4 Å². The first-order valence-corrected chi connectivity index (χ1v) is 8.67. The summed E-state index contributed by atoms with van der Waals surface area (Å²) in [4.78, 5) is 20.8. The summed E-state index contributed by atoms with van der Waals surface area (Å²) < 4.78 is 13.1. The molecule has 1 aromatic rings. The molecule has 0 aromatic heterocycles. The molecule has 1 fully saturated rings. The maximum absolute atomic E-state index is 13.1. The van der Waals surface area contributed by atoms with Gasteiger partial charge in [0.1, 0.15) is 11.9 Å². The third-order valence-corrected chi connectivity index (χ3v) is 5.34. The number of primary amides is 1. The van der Waals surface area contributed by atoms with Crippen molar-refractivity contribution in [3.05, 3.63) is 35.6 Å². The minimum Gasteiger partial charge on any atom is -0.368 e. The molecular formula is C16H21FN4OS. The number of carbonyl (C=O) groups excluding carboxylic acids is 1. The number of piperazine rings is 1. The second-order valence-electron chi connectivity index (χ2n) is 5.93. The second-order valence-corrected chi connectivity index (χ2v) is 7.34. The van der Waals surface area contributed by atoms with E-state index in [1.54, 1.807) is 12.1 Å². The van der Waals surface area contributed by atoms with E-state index in [4.69, 9.17) is 5.73 Å². The number of nitrogens with zero attached hydrogens (tertiary/aromatic N) is 3. The number of hydrogen-bond donors (Lipinski definition) is 1. The molecule has 1 saturated heterocycles. The Hall–Kier alpha value is -1.60. The maximum Gasteiger partial charge on any atom is 0.239 e. The summed E-state index contributed by atoms with van der Waals surface area (Å²) in [5, 5.41) is 1.65. The molecule has 3 rings (SSSR count). The fraction of sp³-hybridized carbons (Fsp3) is 0.500. The summed E-state index contributed by atoms with van der Waals surface area (Å²) in [6.07, 6.45) is 0. The van der Waals surface area contributed by atoms with Crippen LogP contribution in [0.5, 0.6) is 0 Å². The molecular weight excluding hydrogens is 315 g/mol. The quantitative estimate of drug-likeness (QED) is 0.908. The van der Waals surface area contributed by atoms with Crippen molar-refractivity contribution in [3.8, 4) is 0 Å². The standard InChI is InChI=1S/C16H21FN4OS/c1-11-10-19-16(23-11)21-8-6-20(7-9-21)14(15(18)22)12-2-4-13(17)5-3-12/h2-5,11,14H,6-10H2,1H3,(H2,18,22)/t11-,14-/m0/s1. The van der Waals surface area contributed by atoms with Gasteiger partial charge in [0.05, 0.1) is 6.54 Å². The van der Waals surface area contributed by atoms with Crippen molar-refractivity contribution in [2.24, 2.45) is 10.7 Å². The Morgan fingerprint density at radius 1 is 1.30 bits per heavy atom. The molecule has 5 nitrogen and oxygen atoms in total. The monoisotopic (exact) mass is 336 g/mol. The first-order chi connectivity index (χ1) is 11.0. The molecule has 2 atom stereocenters. The highest BCUT2D eigenvalue weighted by molar-refractivity contribution is 8.14. The van der Waals surface area contributed by atoms with Crippen LogP contribution in [0.3, 0.4) is 0 Å². The van der Waals surface area contributed by atoms with Crippen molar-refractivity contribution in [2.75, 3.05) is 32.7 Å². The van der Waals surface area contributed by atoms with Crippen LogP contribution < -0.4 is 5.73 Å². The summed E-state index contributed by atoms with van der Waals surface area (Å²) in [5.74, 6) is -0.710. The van der Waals surface area contributed by atoms with E-state index in [2.05, 4.69) is 21.7 Å². The lowest BCUT2D eigenvalue weighted by molar-refractivity contribution is -0.124. The summed E-state index contributed by atoms with van der Waals surface area (Å²) in [7, 11) is 0. The van der Waals surface area contributed by atoms with Gasteiger partial charge in [0.15, 0.2) is 5.17 Å². The highest BCUT2D eigenvalue weighted by Gasteiger charge is 2.31. The van der Waals surface area contributed by atoms with Gasteiger partial charge in [-0.2, -0.15) is 0 Å². The minimum atomic E-state index is -0.505. The average molecular weight is 336 g/mol. The van der Waals surface area contributed by atoms with Crippen molar-refractivity contribution in [1.82, 2.24) is 9.80 Å². The lowest BCUT2D eigenvalue weighted by Gasteiger charge is -2.38. The normalized spacial score (nSPS) is 23.7. The molecule has 0 spiro atoms. The lowest BCUT2D eigenvalue weighted by Crippen LogP contribution is -2.51. The number of amidine groups is 1. The molecule has 0 saturated carbocycles. The molecule has 0 aliphatic carbocycles. The Bertz CT molecular complexity index is 599. The maximum atomic E-state index is 13.1. The van der Waals surface area contributed by atoms with E-state index in [1.165, 1.54) is 12.1 Å². The summed E-state index contributed by atoms with van der Waals surface area (Å²) in [6, 6.07) is 5.50. The van der Waals surface area contributed by atoms with Crippen LogP contribution in [0.1, 0.15) is 18.5 Å². The summed E-state index contributed by atoms with van der Waals surface area (Å²) in [6.45, 7) is 6.17. The number of nitrogens with two attached hydrogens (primary N) is 1. The van der Waals surface area contributed by atoms with E-state index in [-0.39, 0.29) is 5.82 Å². The zero-order valence-electron chi connectivity index (χ0n) is 13.1. The van der Waals surface area contributed by atoms with Crippen LogP contribution in [0.2, 0.25) is 0 Å². The largest absolute Gasteiger partial charge is 0.368 e. The molecule has 0 unspecified atom stereocenters. The van der Waals surface area contributed by atoms with Gasteiger partial charge in [-0.3, -0.25) is 14.7 Å². The molecule has 7 heteroatoms. The Labute approximate surface area is 139 Å². The predicted molar refractivity (Wildman–Crippen MR) is 90.8 cm³/mol. The average Bonchev–Trinajstić information content (AvgIpc) is 2.96. The lowest BCUT2D eigenvalue weighted by atomic mass is 10.0. The summed E-state index contributed by atoms with van der Waals surface area (Å²) in [5.41, 5.74) is 6.34. The first kappa shape index (κ1) is 16.3. The molecule has 1 aromatic carbocycles. The van der Waals surface area contributed by atoms with E-state index in [0.717, 1.165) is 43.5 Å². The predicted octanol–water partition coefficient (Wildman–Crippen LogP) is 1.46. The van der Waals surface area contributed by atoms with Crippen LogP contribution in [0.15, 0.2) is 29.3 Å². The van der Waals surface area contributed by atoms with Gasteiger partial charge in [-0.1, -0.05) is 30.8 Å². The SMILES string of the molecule is C[C@H]1CN=C(N2CCN([C@H](C(N)=O)c3ccc(F)cc3)CC2)S1. The topological polar surface area (TPSA) is 61.9 Å². The molecule has 0 radical (unpaired) electrons. The van der Waals surface area contributed by atoms with E-state index in [1.807, 2.05) is 11.8 Å². The van der Waals surface area contributed by atoms with E-state index >= 15 is 0 Å². The van der Waals surface area contributed by atoms with Gasteiger partial charge in [-0.15, -0.1) is 0 Å². The number of aliphatic imine (C=N–C) groups is 1. The third kappa shape index (κ3) is 3.67. The number of benzene rings is 1. The first-order valence-electron chi connectivity index (χ1n) is 7.79. The van der Waals surface area contributed by atoms with Gasteiger partial charge in [0.2, 0.25) is 5.91 Å². The Kier molecular flexibility index (Phi) is 4.87. The molecule has 0 bridgehead atoms. The molecule has 2 heterocycles. The third-order valence-electron chi connectivity index (χ3n) is 4.20. The molecule has 23 heavy (non-hydrogen) atoms. The molecule has 2 N–H and O–H groups in total. The fourth-order valence-electron chi connectivity index (χ4n) is 3.01. The van der Waals surface area contributed by atoms with Crippen molar-refractivity contribution in [3.63, 3.8) is 0 Å². The zero-order chi connectivity index (χ0) is 16.4. The van der Waals surface area contributed by atoms with E-state index < -0.39 is 11.9 Å². The Balaban J connectivity index is 1.66. The minimum absolute atomic E-state index is 0.313. The number of carbonyl (C=O) groups is 1.